The summed E-state index contributed by atoms with van der Waals surface area (Å²) in [7, 11) is 0. The Labute approximate surface area is 115 Å². The van der Waals surface area contributed by atoms with Crippen LogP contribution in [0.3, 0.4) is 0 Å². The van der Waals surface area contributed by atoms with Gasteiger partial charge < -0.3 is 5.32 Å². The molecule has 0 spiro atoms. The summed E-state index contributed by atoms with van der Waals surface area (Å²) in [6.07, 6.45) is 8.22. The summed E-state index contributed by atoms with van der Waals surface area (Å²) >= 11 is 1.49. The molecule has 100 valence electrons. The Bertz CT molecular complexity index is 398. The van der Waals surface area contributed by atoms with Crippen molar-refractivity contribution in [2.45, 2.75) is 58.4 Å². The van der Waals surface area contributed by atoms with Gasteiger partial charge in [0, 0.05) is 17.9 Å². The molecule has 0 amide bonds. The normalized spacial score (nSPS) is 13.3. The smallest absolute Gasteiger partial charge is 0.0857 e. The van der Waals surface area contributed by atoms with Crippen molar-refractivity contribution in [3.63, 3.8) is 0 Å². The number of rotatable bonds is 6. The zero-order valence-corrected chi connectivity index (χ0v) is 12.6. The highest BCUT2D eigenvalue weighted by molar-refractivity contribution is 7.05. The minimum Gasteiger partial charge on any atom is -0.309 e. The first kappa shape index (κ1) is 15.1. The van der Waals surface area contributed by atoms with Crippen molar-refractivity contribution >= 4 is 11.5 Å². The molecule has 0 bridgehead atoms. The van der Waals surface area contributed by atoms with E-state index in [1.54, 1.807) is 0 Å². The molecule has 0 radical (unpaired) electrons. The molecule has 0 aliphatic rings. The lowest BCUT2D eigenvalue weighted by Gasteiger charge is -2.22. The van der Waals surface area contributed by atoms with Crippen LogP contribution in [0.1, 0.15) is 63.6 Å². The van der Waals surface area contributed by atoms with Gasteiger partial charge in [-0.1, -0.05) is 32.2 Å². The molecule has 1 N–H and O–H groups in total. The van der Waals surface area contributed by atoms with E-state index in [1.165, 1.54) is 16.4 Å². The van der Waals surface area contributed by atoms with Crippen LogP contribution >= 0.6 is 11.5 Å². The molecule has 0 aliphatic heterocycles. The number of terminal acetylenes is 1. The highest BCUT2D eigenvalue weighted by atomic mass is 32.1. The average Bonchev–Trinajstić information content (AvgIpc) is 2.78. The fourth-order valence-electron chi connectivity index (χ4n) is 1.82. The number of aromatic nitrogens is 2. The van der Waals surface area contributed by atoms with Crippen LogP contribution in [0.25, 0.3) is 0 Å². The van der Waals surface area contributed by atoms with Gasteiger partial charge in [-0.15, -0.1) is 17.4 Å². The second kappa shape index (κ2) is 6.86. The third kappa shape index (κ3) is 4.08. The molecular formula is C14H23N3S. The van der Waals surface area contributed by atoms with Gasteiger partial charge in [-0.2, -0.15) is 0 Å². The lowest BCUT2D eigenvalue weighted by atomic mass is 9.89. The van der Waals surface area contributed by atoms with E-state index in [9.17, 15) is 0 Å². The first-order valence-electron chi connectivity index (χ1n) is 6.50. The van der Waals surface area contributed by atoms with Crippen molar-refractivity contribution in [1.82, 2.24) is 14.9 Å². The number of hydrogen-bond acceptors (Lipinski definition) is 4. The zero-order valence-electron chi connectivity index (χ0n) is 11.8. The molecule has 1 aromatic rings. The van der Waals surface area contributed by atoms with Crippen molar-refractivity contribution in [1.29, 1.82) is 0 Å². The average molecular weight is 265 g/mol. The predicted molar refractivity (Wildman–Crippen MR) is 77.7 cm³/mol. The fourth-order valence-corrected chi connectivity index (χ4v) is 2.79. The molecule has 18 heavy (non-hydrogen) atoms. The summed E-state index contributed by atoms with van der Waals surface area (Å²) in [6.45, 7) is 9.68. The van der Waals surface area contributed by atoms with Gasteiger partial charge in [0.1, 0.15) is 0 Å². The molecule has 1 unspecified atom stereocenters. The SMILES string of the molecule is C#CCCC(NCCC)c1snnc1C(C)(C)C. The fraction of sp³-hybridized carbons (Fsp3) is 0.714. The second-order valence-electron chi connectivity index (χ2n) is 5.49. The minimum atomic E-state index is 0.0324. The Morgan fingerprint density at radius 2 is 2.17 bits per heavy atom. The Kier molecular flexibility index (Phi) is 5.77. The standard InChI is InChI=1S/C14H23N3S/c1-6-8-9-11(15-10-7-2)12-13(14(3,4)5)16-17-18-12/h1,11,15H,7-10H2,2-5H3. The van der Waals surface area contributed by atoms with Gasteiger partial charge in [0.15, 0.2) is 0 Å². The quantitative estimate of drug-likeness (QED) is 0.802. The molecule has 0 saturated carbocycles. The molecule has 0 aromatic carbocycles. The summed E-state index contributed by atoms with van der Waals surface area (Å²) in [4.78, 5) is 1.24. The molecule has 4 heteroatoms. The van der Waals surface area contributed by atoms with Crippen LogP contribution in [0.2, 0.25) is 0 Å². The van der Waals surface area contributed by atoms with Gasteiger partial charge in [0.2, 0.25) is 0 Å². The van der Waals surface area contributed by atoms with Crippen molar-refractivity contribution in [3.05, 3.63) is 10.6 Å². The molecule has 0 saturated heterocycles. The Morgan fingerprint density at radius 1 is 1.44 bits per heavy atom. The molecule has 0 aliphatic carbocycles. The first-order chi connectivity index (χ1) is 8.50. The summed E-state index contributed by atoms with van der Waals surface area (Å²) in [6, 6.07) is 0.287. The van der Waals surface area contributed by atoms with E-state index in [1.807, 2.05) is 0 Å². The number of hydrogen-bond donors (Lipinski definition) is 1. The van der Waals surface area contributed by atoms with Crippen LogP contribution in [0.5, 0.6) is 0 Å². The maximum atomic E-state index is 5.38. The third-order valence-corrected chi connectivity index (χ3v) is 3.60. The molecule has 1 aromatic heterocycles. The highest BCUT2D eigenvalue weighted by Crippen LogP contribution is 2.32. The van der Waals surface area contributed by atoms with Gasteiger partial charge in [-0.3, -0.25) is 0 Å². The number of nitrogens with zero attached hydrogens (tertiary/aromatic N) is 2. The second-order valence-corrected chi connectivity index (χ2v) is 6.27. The van der Waals surface area contributed by atoms with Crippen LogP contribution in [0, 0.1) is 12.3 Å². The van der Waals surface area contributed by atoms with Crippen molar-refractivity contribution in [2.24, 2.45) is 0 Å². The van der Waals surface area contributed by atoms with Crippen LogP contribution < -0.4 is 5.32 Å². The van der Waals surface area contributed by atoms with E-state index in [0.717, 1.165) is 31.5 Å². The van der Waals surface area contributed by atoms with E-state index in [-0.39, 0.29) is 11.5 Å². The lowest BCUT2D eigenvalue weighted by molar-refractivity contribution is 0.488. The minimum absolute atomic E-state index is 0.0324. The maximum Gasteiger partial charge on any atom is 0.0857 e. The van der Waals surface area contributed by atoms with Crippen molar-refractivity contribution < 1.29 is 0 Å². The third-order valence-electron chi connectivity index (χ3n) is 2.76. The van der Waals surface area contributed by atoms with E-state index >= 15 is 0 Å². The Hall–Kier alpha value is -0.920. The molecule has 1 atom stereocenters. The van der Waals surface area contributed by atoms with Crippen LogP contribution in [-0.4, -0.2) is 16.1 Å². The topological polar surface area (TPSA) is 37.8 Å². The Morgan fingerprint density at radius 3 is 2.72 bits per heavy atom. The van der Waals surface area contributed by atoms with Gasteiger partial charge in [-0.05, 0) is 30.9 Å². The van der Waals surface area contributed by atoms with E-state index in [0.29, 0.717) is 0 Å². The van der Waals surface area contributed by atoms with E-state index in [4.69, 9.17) is 6.42 Å². The summed E-state index contributed by atoms with van der Waals surface area (Å²) in [5, 5.41) is 7.86. The summed E-state index contributed by atoms with van der Waals surface area (Å²) in [5.74, 6) is 2.72. The molecule has 0 fully saturated rings. The summed E-state index contributed by atoms with van der Waals surface area (Å²) in [5.41, 5.74) is 1.13. The van der Waals surface area contributed by atoms with Gasteiger partial charge in [0.05, 0.1) is 10.6 Å². The highest BCUT2D eigenvalue weighted by Gasteiger charge is 2.26. The molecule has 3 nitrogen and oxygen atoms in total. The van der Waals surface area contributed by atoms with Gasteiger partial charge in [-0.25, -0.2) is 0 Å². The van der Waals surface area contributed by atoms with Crippen LogP contribution in [-0.2, 0) is 5.41 Å². The predicted octanol–water partition coefficient (Wildman–Crippen LogP) is 3.29. The van der Waals surface area contributed by atoms with Crippen LogP contribution in [0.4, 0.5) is 0 Å². The van der Waals surface area contributed by atoms with E-state index < -0.39 is 0 Å². The van der Waals surface area contributed by atoms with Gasteiger partial charge in [0.25, 0.3) is 0 Å². The molecule has 1 rings (SSSR count). The molecular weight excluding hydrogens is 242 g/mol. The largest absolute Gasteiger partial charge is 0.309 e. The monoisotopic (exact) mass is 265 g/mol. The number of nitrogens with one attached hydrogen (secondary N) is 1. The zero-order chi connectivity index (χ0) is 13.6. The van der Waals surface area contributed by atoms with Crippen molar-refractivity contribution in [3.8, 4) is 12.3 Å². The van der Waals surface area contributed by atoms with Gasteiger partial charge >= 0.3 is 0 Å². The van der Waals surface area contributed by atoms with Crippen molar-refractivity contribution in [2.75, 3.05) is 6.54 Å². The van der Waals surface area contributed by atoms with Crippen LogP contribution in [0.15, 0.2) is 0 Å². The lowest BCUT2D eigenvalue weighted by Crippen LogP contribution is -2.25. The molecule has 1 heterocycles. The summed E-state index contributed by atoms with van der Waals surface area (Å²) < 4.78 is 4.13. The van der Waals surface area contributed by atoms with E-state index in [2.05, 4.69) is 48.5 Å². The maximum absolute atomic E-state index is 5.38. The Balaban J connectivity index is 2.91. The first-order valence-corrected chi connectivity index (χ1v) is 7.27.